The lowest BCUT2D eigenvalue weighted by Crippen LogP contribution is -2.25. The fraction of sp³-hybridized carbons (Fsp3) is 0.562. The van der Waals surface area contributed by atoms with E-state index in [0.717, 1.165) is 23.6 Å². The van der Waals surface area contributed by atoms with E-state index in [1.165, 1.54) is 32.6 Å². The standard InChI is InChI=1S/C16H23NO4S/c1-12-6-4-8-14(10-12)21-16(18)13-7-5-9-15(11-13)22(19,20)17(2)3/h5,7,9,11-12,14H,4,6,8,10H2,1-3H3/t12-,14-/m0/s1. The molecule has 0 radical (unpaired) electrons. The van der Waals surface area contributed by atoms with Crippen molar-refractivity contribution in [3.8, 4) is 0 Å². The predicted octanol–water partition coefficient (Wildman–Crippen LogP) is 2.67. The van der Waals surface area contributed by atoms with Crippen LogP contribution in [0.5, 0.6) is 0 Å². The summed E-state index contributed by atoms with van der Waals surface area (Å²) in [6, 6.07) is 6.01. The van der Waals surface area contributed by atoms with Gasteiger partial charge in [-0.25, -0.2) is 17.5 Å². The zero-order chi connectivity index (χ0) is 16.3. The Kier molecular flexibility index (Phi) is 5.24. The van der Waals surface area contributed by atoms with Crippen LogP contribution in [0.1, 0.15) is 43.0 Å². The Balaban J connectivity index is 2.14. The van der Waals surface area contributed by atoms with Gasteiger partial charge in [-0.2, -0.15) is 0 Å². The van der Waals surface area contributed by atoms with Crippen LogP contribution in [0, 0.1) is 5.92 Å². The van der Waals surface area contributed by atoms with E-state index in [0.29, 0.717) is 5.92 Å². The van der Waals surface area contributed by atoms with Crippen LogP contribution in [0.2, 0.25) is 0 Å². The quantitative estimate of drug-likeness (QED) is 0.798. The van der Waals surface area contributed by atoms with Crippen LogP contribution < -0.4 is 0 Å². The van der Waals surface area contributed by atoms with E-state index >= 15 is 0 Å². The summed E-state index contributed by atoms with van der Waals surface area (Å²) in [4.78, 5) is 12.3. The number of ether oxygens (including phenoxy) is 1. The number of nitrogens with zero attached hydrogens (tertiary/aromatic N) is 1. The maximum absolute atomic E-state index is 12.2. The minimum atomic E-state index is -3.55. The molecular formula is C16H23NO4S. The molecule has 0 N–H and O–H groups in total. The lowest BCUT2D eigenvalue weighted by molar-refractivity contribution is 0.0155. The third-order valence-corrected chi connectivity index (χ3v) is 5.82. The first-order chi connectivity index (χ1) is 10.3. The number of hydrogen-bond donors (Lipinski definition) is 0. The van der Waals surface area contributed by atoms with Crippen LogP contribution >= 0.6 is 0 Å². The van der Waals surface area contributed by atoms with E-state index in [-0.39, 0.29) is 16.6 Å². The summed E-state index contributed by atoms with van der Waals surface area (Å²) in [6.07, 6.45) is 3.93. The van der Waals surface area contributed by atoms with Gasteiger partial charge in [0.1, 0.15) is 6.10 Å². The normalized spacial score (nSPS) is 22.5. The zero-order valence-corrected chi connectivity index (χ0v) is 14.1. The molecule has 0 aliphatic heterocycles. The number of benzene rings is 1. The third kappa shape index (κ3) is 3.87. The monoisotopic (exact) mass is 325 g/mol. The van der Waals surface area contributed by atoms with Crippen LogP contribution in [0.25, 0.3) is 0 Å². The molecule has 0 bridgehead atoms. The van der Waals surface area contributed by atoms with Gasteiger partial charge in [0.05, 0.1) is 10.5 Å². The summed E-state index contributed by atoms with van der Waals surface area (Å²) in [6.45, 7) is 2.16. The second kappa shape index (κ2) is 6.79. The van der Waals surface area contributed by atoms with Gasteiger partial charge in [0.25, 0.3) is 0 Å². The first kappa shape index (κ1) is 17.0. The Morgan fingerprint density at radius 2 is 2.00 bits per heavy atom. The third-order valence-electron chi connectivity index (χ3n) is 4.01. The van der Waals surface area contributed by atoms with Gasteiger partial charge >= 0.3 is 5.97 Å². The Morgan fingerprint density at radius 1 is 1.27 bits per heavy atom. The van der Waals surface area contributed by atoms with E-state index in [9.17, 15) is 13.2 Å². The highest BCUT2D eigenvalue weighted by Gasteiger charge is 2.24. The number of rotatable bonds is 4. The number of sulfonamides is 1. The molecule has 122 valence electrons. The molecule has 2 atom stereocenters. The lowest BCUT2D eigenvalue weighted by Gasteiger charge is -2.26. The van der Waals surface area contributed by atoms with Gasteiger partial charge < -0.3 is 4.74 Å². The fourth-order valence-electron chi connectivity index (χ4n) is 2.70. The van der Waals surface area contributed by atoms with Gasteiger partial charge in [-0.05, 0) is 43.4 Å². The highest BCUT2D eigenvalue weighted by atomic mass is 32.2. The fourth-order valence-corrected chi connectivity index (χ4v) is 3.65. The molecule has 1 aliphatic carbocycles. The molecule has 0 saturated heterocycles. The van der Waals surface area contributed by atoms with Crippen LogP contribution in [0.4, 0.5) is 0 Å². The van der Waals surface area contributed by atoms with E-state index in [4.69, 9.17) is 4.74 Å². The topological polar surface area (TPSA) is 63.7 Å². The molecule has 2 rings (SSSR count). The molecule has 0 amide bonds. The van der Waals surface area contributed by atoms with Crippen molar-refractivity contribution in [3.63, 3.8) is 0 Å². The van der Waals surface area contributed by atoms with Crippen molar-refractivity contribution in [2.24, 2.45) is 5.92 Å². The highest BCUT2D eigenvalue weighted by Crippen LogP contribution is 2.26. The minimum absolute atomic E-state index is 0.0645. The Bertz CT molecular complexity index is 639. The summed E-state index contributed by atoms with van der Waals surface area (Å²) in [5, 5.41) is 0. The average molecular weight is 325 g/mol. The molecule has 1 saturated carbocycles. The van der Waals surface area contributed by atoms with E-state index < -0.39 is 16.0 Å². The Morgan fingerprint density at radius 3 is 2.64 bits per heavy atom. The lowest BCUT2D eigenvalue weighted by atomic mass is 9.89. The van der Waals surface area contributed by atoms with Crippen LogP contribution in [-0.4, -0.2) is 38.9 Å². The number of carbonyl (C=O) groups is 1. The first-order valence-electron chi connectivity index (χ1n) is 7.54. The number of carbonyl (C=O) groups excluding carboxylic acids is 1. The smallest absolute Gasteiger partial charge is 0.338 e. The molecule has 22 heavy (non-hydrogen) atoms. The maximum Gasteiger partial charge on any atom is 0.338 e. The van der Waals surface area contributed by atoms with Gasteiger partial charge in [0, 0.05) is 14.1 Å². The summed E-state index contributed by atoms with van der Waals surface area (Å²) in [5.74, 6) is 0.113. The van der Waals surface area contributed by atoms with Crippen LogP contribution in [0.15, 0.2) is 29.2 Å². The number of hydrogen-bond acceptors (Lipinski definition) is 4. The van der Waals surface area contributed by atoms with Crippen molar-refractivity contribution >= 4 is 16.0 Å². The number of esters is 1. The molecule has 0 aromatic heterocycles. The van der Waals surface area contributed by atoms with E-state index in [1.54, 1.807) is 12.1 Å². The Hall–Kier alpha value is -1.40. The van der Waals surface area contributed by atoms with Crippen molar-refractivity contribution in [2.75, 3.05) is 14.1 Å². The molecule has 1 aromatic carbocycles. The minimum Gasteiger partial charge on any atom is -0.459 e. The molecule has 6 heteroatoms. The molecule has 0 unspecified atom stereocenters. The van der Waals surface area contributed by atoms with Crippen molar-refractivity contribution < 1.29 is 17.9 Å². The van der Waals surface area contributed by atoms with Gasteiger partial charge in [-0.15, -0.1) is 0 Å². The van der Waals surface area contributed by atoms with E-state index in [1.807, 2.05) is 0 Å². The summed E-state index contributed by atoms with van der Waals surface area (Å²) < 4.78 is 30.9. The van der Waals surface area contributed by atoms with Crippen molar-refractivity contribution in [1.29, 1.82) is 0 Å². The summed E-state index contributed by atoms with van der Waals surface area (Å²) in [5.41, 5.74) is 0.279. The van der Waals surface area contributed by atoms with Crippen LogP contribution in [-0.2, 0) is 14.8 Å². The zero-order valence-electron chi connectivity index (χ0n) is 13.3. The molecule has 5 nitrogen and oxygen atoms in total. The second-order valence-corrected chi connectivity index (χ2v) is 8.27. The summed E-state index contributed by atoms with van der Waals surface area (Å²) >= 11 is 0. The second-order valence-electron chi connectivity index (χ2n) is 6.11. The largest absolute Gasteiger partial charge is 0.459 e. The summed E-state index contributed by atoms with van der Waals surface area (Å²) in [7, 11) is -0.625. The SMILES string of the molecule is C[C@H]1CCC[C@H](OC(=O)c2cccc(S(=O)(=O)N(C)C)c2)C1. The van der Waals surface area contributed by atoms with Crippen molar-refractivity contribution in [2.45, 2.75) is 43.6 Å². The van der Waals surface area contributed by atoms with Gasteiger partial charge in [-0.1, -0.05) is 19.4 Å². The van der Waals surface area contributed by atoms with Gasteiger partial charge in [0.2, 0.25) is 10.0 Å². The predicted molar refractivity (Wildman–Crippen MR) is 84.2 cm³/mol. The molecule has 1 aromatic rings. The average Bonchev–Trinajstić information content (AvgIpc) is 2.47. The maximum atomic E-state index is 12.2. The molecule has 0 heterocycles. The van der Waals surface area contributed by atoms with Gasteiger partial charge in [0.15, 0.2) is 0 Å². The first-order valence-corrected chi connectivity index (χ1v) is 8.98. The van der Waals surface area contributed by atoms with Crippen molar-refractivity contribution in [1.82, 2.24) is 4.31 Å². The highest BCUT2D eigenvalue weighted by molar-refractivity contribution is 7.89. The van der Waals surface area contributed by atoms with Crippen molar-refractivity contribution in [3.05, 3.63) is 29.8 Å². The molecule has 0 spiro atoms. The molecular weight excluding hydrogens is 302 g/mol. The van der Waals surface area contributed by atoms with E-state index in [2.05, 4.69) is 6.92 Å². The Labute approximate surface area is 132 Å². The van der Waals surface area contributed by atoms with Crippen LogP contribution in [0.3, 0.4) is 0 Å². The van der Waals surface area contributed by atoms with Gasteiger partial charge in [-0.3, -0.25) is 0 Å². The molecule has 1 aliphatic rings. The molecule has 1 fully saturated rings.